The average molecular weight is 114 g/mol. The molecule has 0 aliphatic rings. The van der Waals surface area contributed by atoms with E-state index in [0.717, 1.165) is 0 Å². The molecule has 3 N–H and O–H groups in total. The molecular formula is C5H10N2O. The van der Waals surface area contributed by atoms with E-state index in [-0.39, 0.29) is 5.91 Å². The highest BCUT2D eigenvalue weighted by Gasteiger charge is 1.78. The number of carbonyl (C=O) groups is 1. The van der Waals surface area contributed by atoms with E-state index in [9.17, 15) is 4.79 Å². The fourth-order valence-electron chi connectivity index (χ4n) is 0.244. The maximum atomic E-state index is 10.1. The zero-order valence-corrected chi connectivity index (χ0v) is 4.85. The molecule has 0 rings (SSSR count). The van der Waals surface area contributed by atoms with Crippen LogP contribution in [0.2, 0.25) is 0 Å². The first-order valence-corrected chi connectivity index (χ1v) is 2.39. The SMILES string of the molecule is CC(=O)NC=CCN. The number of nitrogens with one attached hydrogen (secondary N) is 1. The van der Waals surface area contributed by atoms with E-state index >= 15 is 0 Å². The zero-order chi connectivity index (χ0) is 6.41. The van der Waals surface area contributed by atoms with Gasteiger partial charge < -0.3 is 11.1 Å². The van der Waals surface area contributed by atoms with E-state index in [1.54, 1.807) is 6.08 Å². The molecule has 0 spiro atoms. The van der Waals surface area contributed by atoms with Crippen molar-refractivity contribution in [2.24, 2.45) is 5.73 Å². The van der Waals surface area contributed by atoms with Gasteiger partial charge in [0.1, 0.15) is 0 Å². The third kappa shape index (κ3) is 5.17. The van der Waals surface area contributed by atoms with Crippen LogP contribution in [0.15, 0.2) is 12.3 Å². The zero-order valence-electron chi connectivity index (χ0n) is 4.85. The molecule has 0 radical (unpaired) electrons. The van der Waals surface area contributed by atoms with Crippen molar-refractivity contribution in [1.82, 2.24) is 5.32 Å². The Balaban J connectivity index is 3.16. The number of amides is 1. The van der Waals surface area contributed by atoms with E-state index in [2.05, 4.69) is 5.32 Å². The second-order valence-electron chi connectivity index (χ2n) is 1.34. The van der Waals surface area contributed by atoms with Crippen LogP contribution >= 0.6 is 0 Å². The Kier molecular flexibility index (Phi) is 3.88. The summed E-state index contributed by atoms with van der Waals surface area (Å²) in [5.41, 5.74) is 5.08. The minimum absolute atomic E-state index is 0.0744. The van der Waals surface area contributed by atoms with Crippen molar-refractivity contribution < 1.29 is 4.79 Å². The molecule has 46 valence electrons. The summed E-state index contributed by atoms with van der Waals surface area (Å²) in [6, 6.07) is 0. The highest BCUT2D eigenvalue weighted by molar-refractivity contribution is 5.73. The Morgan fingerprint density at radius 1 is 1.88 bits per heavy atom. The van der Waals surface area contributed by atoms with Crippen molar-refractivity contribution in [2.75, 3.05) is 6.54 Å². The lowest BCUT2D eigenvalue weighted by atomic mass is 10.6. The van der Waals surface area contributed by atoms with Crippen molar-refractivity contribution in [3.05, 3.63) is 12.3 Å². The van der Waals surface area contributed by atoms with Crippen LogP contribution in [0.4, 0.5) is 0 Å². The molecule has 3 nitrogen and oxygen atoms in total. The minimum atomic E-state index is -0.0744. The van der Waals surface area contributed by atoms with Gasteiger partial charge in [-0.05, 0) is 0 Å². The van der Waals surface area contributed by atoms with E-state index in [1.165, 1.54) is 13.1 Å². The molecule has 0 aliphatic heterocycles. The second-order valence-corrected chi connectivity index (χ2v) is 1.34. The van der Waals surface area contributed by atoms with E-state index in [1.807, 2.05) is 0 Å². The Labute approximate surface area is 48.6 Å². The number of hydrogen-bond donors (Lipinski definition) is 2. The molecule has 0 saturated heterocycles. The lowest BCUT2D eigenvalue weighted by Crippen LogP contribution is -2.12. The number of hydrogen-bond acceptors (Lipinski definition) is 2. The molecule has 1 amide bonds. The molecular weight excluding hydrogens is 104 g/mol. The summed E-state index contributed by atoms with van der Waals surface area (Å²) < 4.78 is 0. The van der Waals surface area contributed by atoms with Gasteiger partial charge in [-0.25, -0.2) is 0 Å². The van der Waals surface area contributed by atoms with Crippen molar-refractivity contribution in [2.45, 2.75) is 6.92 Å². The van der Waals surface area contributed by atoms with Gasteiger partial charge in [0, 0.05) is 19.7 Å². The van der Waals surface area contributed by atoms with Crippen LogP contribution < -0.4 is 11.1 Å². The second kappa shape index (κ2) is 4.33. The predicted octanol–water partition coefficient (Wildman–Crippen LogP) is -0.405. The van der Waals surface area contributed by atoms with Crippen LogP contribution in [0.5, 0.6) is 0 Å². The van der Waals surface area contributed by atoms with Crippen LogP contribution in [0, 0.1) is 0 Å². The quantitative estimate of drug-likeness (QED) is 0.513. The number of rotatable bonds is 2. The third-order valence-corrected chi connectivity index (χ3v) is 0.541. The van der Waals surface area contributed by atoms with Crippen molar-refractivity contribution in [1.29, 1.82) is 0 Å². The lowest BCUT2D eigenvalue weighted by molar-refractivity contribution is -0.118. The molecule has 0 aromatic carbocycles. The molecule has 8 heavy (non-hydrogen) atoms. The van der Waals surface area contributed by atoms with Crippen LogP contribution in [0.3, 0.4) is 0 Å². The van der Waals surface area contributed by atoms with Gasteiger partial charge in [-0.2, -0.15) is 0 Å². The van der Waals surface area contributed by atoms with E-state index < -0.39 is 0 Å². The predicted molar refractivity (Wildman–Crippen MR) is 32.0 cm³/mol. The third-order valence-electron chi connectivity index (χ3n) is 0.541. The van der Waals surface area contributed by atoms with Crippen molar-refractivity contribution in [3.8, 4) is 0 Å². The molecule has 0 bridgehead atoms. The first kappa shape index (κ1) is 7.17. The van der Waals surface area contributed by atoms with Gasteiger partial charge in [0.25, 0.3) is 0 Å². The Morgan fingerprint density at radius 3 is 2.88 bits per heavy atom. The summed E-state index contributed by atoms with van der Waals surface area (Å²) in [7, 11) is 0. The molecule has 0 heterocycles. The van der Waals surface area contributed by atoms with Gasteiger partial charge in [-0.1, -0.05) is 6.08 Å². The normalized spacial score (nSPS) is 9.75. The molecule has 0 aliphatic carbocycles. The van der Waals surface area contributed by atoms with Crippen molar-refractivity contribution >= 4 is 5.91 Å². The lowest BCUT2D eigenvalue weighted by Gasteiger charge is -1.87. The average Bonchev–Trinajstić information content (AvgIpc) is 1.66. The molecule has 0 fully saturated rings. The van der Waals surface area contributed by atoms with Crippen LogP contribution in [0.1, 0.15) is 6.92 Å². The largest absolute Gasteiger partial charge is 0.333 e. The first-order valence-electron chi connectivity index (χ1n) is 2.39. The van der Waals surface area contributed by atoms with Gasteiger partial charge in [0.2, 0.25) is 5.91 Å². The highest BCUT2D eigenvalue weighted by Crippen LogP contribution is 1.62. The number of carbonyl (C=O) groups excluding carboxylic acids is 1. The minimum Gasteiger partial charge on any atom is -0.333 e. The fraction of sp³-hybridized carbons (Fsp3) is 0.400. The summed E-state index contributed by atoms with van der Waals surface area (Å²) >= 11 is 0. The summed E-state index contributed by atoms with van der Waals surface area (Å²) in [5.74, 6) is -0.0744. The maximum absolute atomic E-state index is 10.1. The van der Waals surface area contributed by atoms with Crippen molar-refractivity contribution in [3.63, 3.8) is 0 Å². The summed E-state index contributed by atoms with van der Waals surface area (Å²) in [4.78, 5) is 10.1. The Hall–Kier alpha value is -0.830. The molecule has 0 atom stereocenters. The summed E-state index contributed by atoms with van der Waals surface area (Å²) in [6.45, 7) is 1.90. The molecule has 0 aromatic heterocycles. The monoisotopic (exact) mass is 114 g/mol. The Bertz CT molecular complexity index is 98.6. The van der Waals surface area contributed by atoms with Crippen LogP contribution in [-0.2, 0) is 4.79 Å². The first-order chi connectivity index (χ1) is 3.77. The maximum Gasteiger partial charge on any atom is 0.220 e. The Morgan fingerprint density at radius 2 is 2.50 bits per heavy atom. The fourth-order valence-corrected chi connectivity index (χ4v) is 0.244. The van der Waals surface area contributed by atoms with Gasteiger partial charge in [0.15, 0.2) is 0 Å². The standard InChI is InChI=1S/C5H10N2O/c1-5(8)7-4-2-3-6/h2,4H,3,6H2,1H3,(H,7,8). The van der Waals surface area contributed by atoms with E-state index in [4.69, 9.17) is 5.73 Å². The van der Waals surface area contributed by atoms with Gasteiger partial charge in [-0.15, -0.1) is 0 Å². The smallest absolute Gasteiger partial charge is 0.220 e. The van der Waals surface area contributed by atoms with Crippen LogP contribution in [-0.4, -0.2) is 12.5 Å². The molecule has 0 unspecified atom stereocenters. The number of nitrogens with two attached hydrogens (primary N) is 1. The van der Waals surface area contributed by atoms with Crippen LogP contribution in [0.25, 0.3) is 0 Å². The molecule has 0 aromatic rings. The summed E-state index contributed by atoms with van der Waals surface area (Å²) in [6.07, 6.45) is 3.20. The summed E-state index contributed by atoms with van der Waals surface area (Å²) in [5, 5.41) is 2.45. The highest BCUT2D eigenvalue weighted by atomic mass is 16.1. The van der Waals surface area contributed by atoms with E-state index in [0.29, 0.717) is 6.54 Å². The molecule has 0 saturated carbocycles. The van der Waals surface area contributed by atoms with Gasteiger partial charge in [0.05, 0.1) is 0 Å². The molecule has 3 heteroatoms. The topological polar surface area (TPSA) is 55.1 Å². The van der Waals surface area contributed by atoms with Gasteiger partial charge in [-0.3, -0.25) is 4.79 Å². The van der Waals surface area contributed by atoms with Gasteiger partial charge >= 0.3 is 0 Å².